The SMILES string of the molecule is CCc1nc2sc(C(C)C)nn2c1S(=O)(=O)N1CCN(c2ccccc2)CC1. The van der Waals surface area contributed by atoms with Gasteiger partial charge in [-0.2, -0.15) is 13.9 Å². The Kier molecular flexibility index (Phi) is 5.15. The van der Waals surface area contributed by atoms with Crippen molar-refractivity contribution in [2.24, 2.45) is 0 Å². The van der Waals surface area contributed by atoms with Crippen LogP contribution in [0.5, 0.6) is 0 Å². The van der Waals surface area contributed by atoms with Gasteiger partial charge in [0.2, 0.25) is 4.96 Å². The number of aryl methyl sites for hydroxylation is 1. The van der Waals surface area contributed by atoms with Crippen molar-refractivity contribution < 1.29 is 8.42 Å². The Morgan fingerprint density at radius 2 is 1.79 bits per heavy atom. The molecule has 1 aliphatic heterocycles. The van der Waals surface area contributed by atoms with Gasteiger partial charge in [0.15, 0.2) is 5.03 Å². The summed E-state index contributed by atoms with van der Waals surface area (Å²) in [6.07, 6.45) is 0.561. The van der Waals surface area contributed by atoms with Gasteiger partial charge >= 0.3 is 0 Å². The largest absolute Gasteiger partial charge is 0.369 e. The van der Waals surface area contributed by atoms with Crippen LogP contribution >= 0.6 is 11.3 Å². The molecule has 1 saturated heterocycles. The lowest BCUT2D eigenvalue weighted by molar-refractivity contribution is 0.382. The van der Waals surface area contributed by atoms with Crippen molar-refractivity contribution in [3.8, 4) is 0 Å². The predicted octanol–water partition coefficient (Wildman–Crippen LogP) is 2.99. The van der Waals surface area contributed by atoms with Gasteiger partial charge in [0.1, 0.15) is 5.01 Å². The maximum absolute atomic E-state index is 13.5. The molecule has 0 saturated carbocycles. The minimum atomic E-state index is -3.65. The summed E-state index contributed by atoms with van der Waals surface area (Å²) >= 11 is 1.47. The zero-order valence-electron chi connectivity index (χ0n) is 16.4. The Morgan fingerprint density at radius 1 is 1.11 bits per heavy atom. The van der Waals surface area contributed by atoms with Gasteiger partial charge in [-0.15, -0.1) is 0 Å². The predicted molar refractivity (Wildman–Crippen MR) is 112 cm³/mol. The quantitative estimate of drug-likeness (QED) is 0.636. The standard InChI is InChI=1S/C19H25N5O2S2/c1-4-16-18(24-19(20-16)27-17(21-24)14(2)3)28(25,26)23-12-10-22(11-13-23)15-8-6-5-7-9-15/h5-9,14H,4,10-13H2,1-3H3. The van der Waals surface area contributed by atoms with Crippen molar-refractivity contribution >= 4 is 32.0 Å². The fourth-order valence-corrected chi connectivity index (χ4v) is 6.16. The number of anilines is 1. The first kappa shape index (κ1) is 19.4. The van der Waals surface area contributed by atoms with Crippen molar-refractivity contribution in [2.45, 2.75) is 38.1 Å². The van der Waals surface area contributed by atoms with Crippen molar-refractivity contribution in [3.05, 3.63) is 41.0 Å². The molecule has 0 unspecified atom stereocenters. The highest BCUT2D eigenvalue weighted by Gasteiger charge is 2.34. The van der Waals surface area contributed by atoms with E-state index in [2.05, 4.69) is 41.0 Å². The Balaban J connectivity index is 1.63. The molecule has 0 radical (unpaired) electrons. The molecule has 0 bridgehead atoms. The maximum Gasteiger partial charge on any atom is 0.262 e. The Labute approximate surface area is 169 Å². The molecule has 1 fully saturated rings. The van der Waals surface area contributed by atoms with Crippen molar-refractivity contribution in [1.29, 1.82) is 0 Å². The van der Waals surface area contributed by atoms with E-state index in [0.29, 0.717) is 43.3 Å². The number of para-hydroxylation sites is 1. The molecule has 9 heteroatoms. The van der Waals surface area contributed by atoms with Crippen LogP contribution in [0.15, 0.2) is 35.4 Å². The van der Waals surface area contributed by atoms with Gasteiger partial charge in [-0.25, -0.2) is 13.4 Å². The second kappa shape index (κ2) is 7.46. The lowest BCUT2D eigenvalue weighted by Gasteiger charge is -2.35. The zero-order valence-corrected chi connectivity index (χ0v) is 18.0. The molecule has 150 valence electrons. The number of nitrogens with zero attached hydrogens (tertiary/aromatic N) is 5. The molecule has 0 N–H and O–H groups in total. The van der Waals surface area contributed by atoms with E-state index in [1.54, 1.807) is 4.31 Å². The molecular weight excluding hydrogens is 394 g/mol. The second-order valence-electron chi connectivity index (χ2n) is 7.23. The highest BCUT2D eigenvalue weighted by atomic mass is 32.2. The number of rotatable bonds is 5. The first-order valence-corrected chi connectivity index (χ1v) is 11.9. The summed E-state index contributed by atoms with van der Waals surface area (Å²) in [4.78, 5) is 7.44. The van der Waals surface area contributed by atoms with Gasteiger partial charge in [-0.3, -0.25) is 0 Å². The average Bonchev–Trinajstić information content (AvgIpc) is 3.26. The van der Waals surface area contributed by atoms with Crippen LogP contribution in [0.2, 0.25) is 0 Å². The number of fused-ring (bicyclic) bond motifs is 1. The van der Waals surface area contributed by atoms with E-state index < -0.39 is 10.0 Å². The summed E-state index contributed by atoms with van der Waals surface area (Å²) in [5, 5.41) is 5.70. The number of hydrogen-bond acceptors (Lipinski definition) is 6. The molecule has 1 aliphatic rings. The molecule has 0 atom stereocenters. The van der Waals surface area contributed by atoms with Crippen LogP contribution in [-0.4, -0.2) is 53.5 Å². The fraction of sp³-hybridized carbons (Fsp3) is 0.474. The average molecular weight is 420 g/mol. The van der Waals surface area contributed by atoms with Crippen molar-refractivity contribution in [3.63, 3.8) is 0 Å². The Morgan fingerprint density at radius 3 is 2.39 bits per heavy atom. The van der Waals surface area contributed by atoms with Gasteiger partial charge in [0, 0.05) is 37.8 Å². The van der Waals surface area contributed by atoms with E-state index in [1.807, 2.05) is 25.1 Å². The van der Waals surface area contributed by atoms with E-state index in [9.17, 15) is 8.42 Å². The van der Waals surface area contributed by atoms with Crippen LogP contribution in [-0.2, 0) is 16.4 Å². The van der Waals surface area contributed by atoms with E-state index in [0.717, 1.165) is 10.7 Å². The lowest BCUT2D eigenvalue weighted by Crippen LogP contribution is -2.49. The maximum atomic E-state index is 13.5. The van der Waals surface area contributed by atoms with Crippen LogP contribution < -0.4 is 4.90 Å². The summed E-state index contributed by atoms with van der Waals surface area (Å²) in [7, 11) is -3.65. The monoisotopic (exact) mass is 419 g/mol. The summed E-state index contributed by atoms with van der Waals surface area (Å²) in [5.41, 5.74) is 1.72. The highest BCUT2D eigenvalue weighted by Crippen LogP contribution is 2.29. The summed E-state index contributed by atoms with van der Waals surface area (Å²) in [6.45, 7) is 8.28. The Hall–Kier alpha value is -1.97. The third-order valence-electron chi connectivity index (χ3n) is 5.02. The van der Waals surface area contributed by atoms with Crippen LogP contribution in [0.4, 0.5) is 5.69 Å². The van der Waals surface area contributed by atoms with Crippen LogP contribution in [0.25, 0.3) is 4.96 Å². The number of piperazine rings is 1. The minimum absolute atomic E-state index is 0.237. The Bertz CT molecular complexity index is 1060. The van der Waals surface area contributed by atoms with Crippen LogP contribution in [0.3, 0.4) is 0 Å². The van der Waals surface area contributed by atoms with Crippen LogP contribution in [0.1, 0.15) is 37.4 Å². The first-order valence-electron chi connectivity index (χ1n) is 9.60. The number of hydrogen-bond donors (Lipinski definition) is 0. The third kappa shape index (κ3) is 3.31. The molecule has 1 aromatic carbocycles. The summed E-state index contributed by atoms with van der Waals surface area (Å²) in [6, 6.07) is 10.1. The second-order valence-corrected chi connectivity index (χ2v) is 10.1. The molecule has 0 spiro atoms. The van der Waals surface area contributed by atoms with Gasteiger partial charge in [0.05, 0.1) is 5.69 Å². The number of aromatic nitrogens is 3. The fourth-order valence-electron chi connectivity index (χ4n) is 3.46. The van der Waals surface area contributed by atoms with E-state index in [-0.39, 0.29) is 10.9 Å². The number of imidazole rings is 1. The zero-order chi connectivity index (χ0) is 19.9. The summed E-state index contributed by atoms with van der Waals surface area (Å²) in [5.74, 6) is 0.238. The van der Waals surface area contributed by atoms with E-state index in [1.165, 1.54) is 15.9 Å². The molecule has 0 aliphatic carbocycles. The van der Waals surface area contributed by atoms with Crippen molar-refractivity contribution in [2.75, 3.05) is 31.1 Å². The smallest absolute Gasteiger partial charge is 0.262 e. The first-order chi connectivity index (χ1) is 13.4. The van der Waals surface area contributed by atoms with Gasteiger partial charge in [-0.05, 0) is 18.6 Å². The highest BCUT2D eigenvalue weighted by molar-refractivity contribution is 7.89. The molecular formula is C19H25N5O2S2. The molecule has 28 heavy (non-hydrogen) atoms. The van der Waals surface area contributed by atoms with E-state index >= 15 is 0 Å². The lowest BCUT2D eigenvalue weighted by atomic mass is 10.2. The van der Waals surface area contributed by atoms with Gasteiger partial charge in [-0.1, -0.05) is 50.3 Å². The molecule has 0 amide bonds. The van der Waals surface area contributed by atoms with E-state index in [4.69, 9.17) is 0 Å². The molecule has 4 rings (SSSR count). The number of sulfonamides is 1. The van der Waals surface area contributed by atoms with Crippen molar-refractivity contribution in [1.82, 2.24) is 18.9 Å². The van der Waals surface area contributed by atoms with Crippen LogP contribution in [0, 0.1) is 0 Å². The minimum Gasteiger partial charge on any atom is -0.369 e. The normalized spacial score (nSPS) is 16.4. The van der Waals surface area contributed by atoms with Gasteiger partial charge in [0.25, 0.3) is 10.0 Å². The third-order valence-corrected chi connectivity index (χ3v) is 8.17. The topological polar surface area (TPSA) is 70.8 Å². The summed E-state index contributed by atoms with van der Waals surface area (Å²) < 4.78 is 30.1. The number of benzene rings is 1. The molecule has 3 heterocycles. The van der Waals surface area contributed by atoms with Gasteiger partial charge < -0.3 is 4.90 Å². The molecule has 3 aromatic rings. The molecule has 7 nitrogen and oxygen atoms in total. The molecule has 2 aromatic heterocycles.